The van der Waals surface area contributed by atoms with Gasteiger partial charge in [0.2, 0.25) is 5.91 Å². The summed E-state index contributed by atoms with van der Waals surface area (Å²) >= 11 is 0. The number of nitrogens with one attached hydrogen (secondary N) is 1. The number of piperazine rings is 1. The van der Waals surface area contributed by atoms with E-state index in [9.17, 15) is 4.79 Å². The standard InChI is InChI=1S/C11H22N2O3.ClH/c1-9-7-13(10(2)6-12-9)11(14)8-16-5-4-15-3;/h9-10,12H,4-8H2,1-3H3;1H. The van der Waals surface area contributed by atoms with Gasteiger partial charge >= 0.3 is 0 Å². The molecule has 2 atom stereocenters. The fourth-order valence-electron chi connectivity index (χ4n) is 1.75. The van der Waals surface area contributed by atoms with Gasteiger partial charge in [-0.2, -0.15) is 0 Å². The molecule has 0 aromatic rings. The van der Waals surface area contributed by atoms with Crippen molar-refractivity contribution in [2.24, 2.45) is 0 Å². The highest BCUT2D eigenvalue weighted by atomic mass is 35.5. The molecule has 17 heavy (non-hydrogen) atoms. The van der Waals surface area contributed by atoms with Crippen LogP contribution in [-0.4, -0.2) is 62.9 Å². The van der Waals surface area contributed by atoms with Crippen LogP contribution in [-0.2, 0) is 14.3 Å². The predicted octanol–water partition coefficient (Wildman–Crippen LogP) is 0.280. The van der Waals surface area contributed by atoms with Crippen molar-refractivity contribution >= 4 is 18.3 Å². The molecule has 1 N–H and O–H groups in total. The van der Waals surface area contributed by atoms with Crippen LogP contribution < -0.4 is 5.32 Å². The van der Waals surface area contributed by atoms with Gasteiger partial charge in [0.15, 0.2) is 0 Å². The average Bonchev–Trinajstić information content (AvgIpc) is 2.27. The Morgan fingerprint density at radius 2 is 2.12 bits per heavy atom. The molecule has 1 aliphatic heterocycles. The Balaban J connectivity index is 0.00000256. The summed E-state index contributed by atoms with van der Waals surface area (Å²) in [4.78, 5) is 13.7. The quantitative estimate of drug-likeness (QED) is 0.727. The summed E-state index contributed by atoms with van der Waals surface area (Å²) in [6, 6.07) is 0.605. The molecule has 0 bridgehead atoms. The lowest BCUT2D eigenvalue weighted by atomic mass is 10.1. The largest absolute Gasteiger partial charge is 0.382 e. The molecule has 1 amide bonds. The predicted molar refractivity (Wildman–Crippen MR) is 68.6 cm³/mol. The van der Waals surface area contributed by atoms with Crippen molar-refractivity contribution in [2.45, 2.75) is 25.9 Å². The second kappa shape index (κ2) is 8.69. The number of nitrogens with zero attached hydrogens (tertiary/aromatic N) is 1. The van der Waals surface area contributed by atoms with Crippen LogP contribution in [0, 0.1) is 0 Å². The van der Waals surface area contributed by atoms with E-state index in [1.54, 1.807) is 7.11 Å². The number of amides is 1. The Bertz CT molecular complexity index is 229. The lowest BCUT2D eigenvalue weighted by molar-refractivity contribution is -0.140. The molecule has 1 saturated heterocycles. The minimum atomic E-state index is 0. The lowest BCUT2D eigenvalue weighted by Crippen LogP contribution is -2.57. The van der Waals surface area contributed by atoms with Crippen molar-refractivity contribution in [1.29, 1.82) is 0 Å². The maximum Gasteiger partial charge on any atom is 0.248 e. The van der Waals surface area contributed by atoms with Gasteiger partial charge in [-0.05, 0) is 13.8 Å². The van der Waals surface area contributed by atoms with Gasteiger partial charge in [-0.15, -0.1) is 12.4 Å². The number of methoxy groups -OCH3 is 1. The fraction of sp³-hybridized carbons (Fsp3) is 0.909. The second-order valence-electron chi connectivity index (χ2n) is 4.25. The van der Waals surface area contributed by atoms with E-state index in [2.05, 4.69) is 12.2 Å². The van der Waals surface area contributed by atoms with Crippen LogP contribution in [0.25, 0.3) is 0 Å². The average molecular weight is 267 g/mol. The highest BCUT2D eigenvalue weighted by molar-refractivity contribution is 5.85. The zero-order valence-electron chi connectivity index (χ0n) is 10.8. The van der Waals surface area contributed by atoms with Gasteiger partial charge < -0.3 is 19.7 Å². The van der Waals surface area contributed by atoms with Gasteiger partial charge in [0.25, 0.3) is 0 Å². The zero-order valence-corrected chi connectivity index (χ0v) is 11.6. The number of hydrogen-bond acceptors (Lipinski definition) is 4. The molecular formula is C11H23ClN2O3. The Morgan fingerprint density at radius 3 is 2.76 bits per heavy atom. The molecule has 2 unspecified atom stereocenters. The van der Waals surface area contributed by atoms with E-state index in [1.165, 1.54) is 0 Å². The molecule has 102 valence electrons. The molecule has 0 spiro atoms. The van der Waals surface area contributed by atoms with Crippen LogP contribution in [0.1, 0.15) is 13.8 Å². The minimum absolute atomic E-state index is 0. The van der Waals surface area contributed by atoms with Crippen LogP contribution in [0.2, 0.25) is 0 Å². The first-order valence-electron chi connectivity index (χ1n) is 5.74. The van der Waals surface area contributed by atoms with Gasteiger partial charge in [0.05, 0.1) is 13.2 Å². The molecule has 0 saturated carbocycles. The van der Waals surface area contributed by atoms with E-state index in [-0.39, 0.29) is 31.0 Å². The molecule has 0 aromatic heterocycles. The smallest absolute Gasteiger partial charge is 0.248 e. The Hall–Kier alpha value is -0.360. The Morgan fingerprint density at radius 1 is 1.41 bits per heavy atom. The summed E-state index contributed by atoms with van der Waals surface area (Å²) in [5.74, 6) is 0.0666. The third-order valence-electron chi connectivity index (χ3n) is 2.74. The molecular weight excluding hydrogens is 244 g/mol. The molecule has 6 heteroatoms. The Kier molecular flexibility index (Phi) is 8.51. The van der Waals surface area contributed by atoms with Gasteiger partial charge in [-0.3, -0.25) is 4.79 Å². The first-order chi connectivity index (χ1) is 7.65. The van der Waals surface area contributed by atoms with Crippen LogP contribution in [0.3, 0.4) is 0 Å². The van der Waals surface area contributed by atoms with Crippen LogP contribution in [0.15, 0.2) is 0 Å². The molecule has 0 radical (unpaired) electrons. The van der Waals surface area contributed by atoms with Crippen LogP contribution in [0.5, 0.6) is 0 Å². The fourth-order valence-corrected chi connectivity index (χ4v) is 1.75. The lowest BCUT2D eigenvalue weighted by Gasteiger charge is -2.37. The molecule has 1 heterocycles. The van der Waals surface area contributed by atoms with Crippen molar-refractivity contribution in [1.82, 2.24) is 10.2 Å². The monoisotopic (exact) mass is 266 g/mol. The summed E-state index contributed by atoms with van der Waals surface area (Å²) in [5.41, 5.74) is 0. The van der Waals surface area contributed by atoms with Crippen molar-refractivity contribution < 1.29 is 14.3 Å². The molecule has 1 aliphatic rings. The topological polar surface area (TPSA) is 50.8 Å². The third-order valence-corrected chi connectivity index (χ3v) is 2.74. The number of halogens is 1. The molecule has 0 aliphatic carbocycles. The number of rotatable bonds is 5. The van der Waals surface area contributed by atoms with E-state index in [1.807, 2.05) is 11.8 Å². The normalized spacial score (nSPS) is 24.3. The van der Waals surface area contributed by atoms with Gasteiger partial charge in [-0.25, -0.2) is 0 Å². The van der Waals surface area contributed by atoms with Gasteiger partial charge in [-0.1, -0.05) is 0 Å². The van der Waals surface area contributed by atoms with Crippen molar-refractivity contribution in [3.05, 3.63) is 0 Å². The number of carbonyl (C=O) groups excluding carboxylic acids is 1. The summed E-state index contributed by atoms with van der Waals surface area (Å²) < 4.78 is 10.1. The van der Waals surface area contributed by atoms with Crippen molar-refractivity contribution in [3.63, 3.8) is 0 Å². The number of hydrogen-bond donors (Lipinski definition) is 1. The Labute approximate surface area is 109 Å². The first kappa shape index (κ1) is 16.6. The van der Waals surface area contributed by atoms with E-state index in [0.717, 1.165) is 13.1 Å². The maximum absolute atomic E-state index is 11.8. The number of carbonyl (C=O) groups is 1. The molecule has 5 nitrogen and oxygen atoms in total. The molecule has 0 aromatic carbocycles. The molecule has 1 fully saturated rings. The van der Waals surface area contributed by atoms with E-state index in [0.29, 0.717) is 19.3 Å². The summed E-state index contributed by atoms with van der Waals surface area (Å²) in [5, 5.41) is 3.34. The highest BCUT2D eigenvalue weighted by Gasteiger charge is 2.26. The van der Waals surface area contributed by atoms with E-state index >= 15 is 0 Å². The minimum Gasteiger partial charge on any atom is -0.382 e. The summed E-state index contributed by atoms with van der Waals surface area (Å²) in [6.45, 7) is 6.89. The molecule has 1 rings (SSSR count). The SMILES string of the molecule is COCCOCC(=O)N1CC(C)NCC1C.Cl. The van der Waals surface area contributed by atoms with E-state index in [4.69, 9.17) is 9.47 Å². The van der Waals surface area contributed by atoms with Crippen molar-refractivity contribution in [3.8, 4) is 0 Å². The third kappa shape index (κ3) is 5.68. The van der Waals surface area contributed by atoms with Gasteiger partial charge in [0.1, 0.15) is 6.61 Å². The zero-order chi connectivity index (χ0) is 12.0. The van der Waals surface area contributed by atoms with Gasteiger partial charge in [0, 0.05) is 32.3 Å². The second-order valence-corrected chi connectivity index (χ2v) is 4.25. The van der Waals surface area contributed by atoms with Crippen LogP contribution in [0.4, 0.5) is 0 Å². The maximum atomic E-state index is 11.8. The summed E-state index contributed by atoms with van der Waals surface area (Å²) in [7, 11) is 1.62. The first-order valence-corrected chi connectivity index (χ1v) is 5.74. The number of ether oxygens (including phenoxy) is 2. The van der Waals surface area contributed by atoms with Crippen molar-refractivity contribution in [2.75, 3.05) is 40.0 Å². The summed E-state index contributed by atoms with van der Waals surface area (Å²) in [6.07, 6.45) is 0. The van der Waals surface area contributed by atoms with Crippen LogP contribution >= 0.6 is 12.4 Å². The highest BCUT2D eigenvalue weighted by Crippen LogP contribution is 2.06. The van der Waals surface area contributed by atoms with E-state index < -0.39 is 0 Å².